The number of carbonyl (C=O) groups excluding carboxylic acids is 3. The van der Waals surface area contributed by atoms with Gasteiger partial charge < -0.3 is 18.9 Å². The zero-order valence-electron chi connectivity index (χ0n) is 22.4. The third-order valence-corrected chi connectivity index (χ3v) is 6.71. The first-order chi connectivity index (χ1) is 18.8. The standard InChI is InChI=1S/C30H27F2NO7/c1-28(2,3)40-26(35)18-7-5-6-17(14-18)25-21(27(36)37-4)10-9-20(33-25)16-24(34)29(12-13-29)19-8-11-22-23(15-19)39-30(31,32)38-22/h5-11,14-15H,12-13,16H2,1-4H3. The number of halogens is 2. The second-order valence-electron chi connectivity index (χ2n) is 10.8. The number of hydrogen-bond acceptors (Lipinski definition) is 8. The molecule has 8 nitrogen and oxygen atoms in total. The maximum Gasteiger partial charge on any atom is 0.586 e. The van der Waals surface area contributed by atoms with E-state index in [0.717, 1.165) is 0 Å². The molecular formula is C30H27F2NO7. The maximum atomic E-state index is 13.5. The van der Waals surface area contributed by atoms with Crippen LogP contribution in [0.5, 0.6) is 11.5 Å². The topological polar surface area (TPSA) is 101 Å². The average Bonchev–Trinajstić information content (AvgIpc) is 3.64. The highest BCUT2D eigenvalue weighted by atomic mass is 19.3. The minimum Gasteiger partial charge on any atom is -0.465 e. The van der Waals surface area contributed by atoms with Crippen LogP contribution in [0.25, 0.3) is 11.3 Å². The number of carbonyl (C=O) groups is 3. The second-order valence-corrected chi connectivity index (χ2v) is 10.8. The molecule has 1 aromatic heterocycles. The van der Waals surface area contributed by atoms with Crippen molar-refractivity contribution >= 4 is 17.7 Å². The number of nitrogens with zero attached hydrogens (tertiary/aromatic N) is 1. The van der Waals surface area contributed by atoms with Crippen molar-refractivity contribution in [3.63, 3.8) is 0 Å². The van der Waals surface area contributed by atoms with Gasteiger partial charge >= 0.3 is 18.2 Å². The third kappa shape index (κ3) is 5.38. The first-order valence-electron chi connectivity index (χ1n) is 12.7. The van der Waals surface area contributed by atoms with Gasteiger partial charge in [0.25, 0.3) is 0 Å². The number of rotatable bonds is 7. The summed E-state index contributed by atoms with van der Waals surface area (Å²) in [5, 5.41) is 0. The number of ether oxygens (including phenoxy) is 4. The number of ketones is 1. The maximum absolute atomic E-state index is 13.5. The van der Waals surface area contributed by atoms with E-state index in [0.29, 0.717) is 29.7 Å². The number of alkyl halides is 2. The van der Waals surface area contributed by atoms with Gasteiger partial charge in [-0.1, -0.05) is 18.2 Å². The number of pyridine rings is 1. The van der Waals surface area contributed by atoms with Crippen molar-refractivity contribution in [2.75, 3.05) is 7.11 Å². The van der Waals surface area contributed by atoms with Crippen LogP contribution in [-0.2, 0) is 26.1 Å². The molecule has 2 aliphatic rings. The Kier molecular flexibility index (Phi) is 6.60. The summed E-state index contributed by atoms with van der Waals surface area (Å²) >= 11 is 0. The molecule has 0 spiro atoms. The van der Waals surface area contributed by atoms with Gasteiger partial charge in [-0.05, 0) is 75.6 Å². The lowest BCUT2D eigenvalue weighted by Crippen LogP contribution is -2.26. The summed E-state index contributed by atoms with van der Waals surface area (Å²) < 4.78 is 46.4. The summed E-state index contributed by atoms with van der Waals surface area (Å²) in [6.45, 7) is 5.28. The van der Waals surface area contributed by atoms with Gasteiger partial charge in [-0.2, -0.15) is 0 Å². The van der Waals surface area contributed by atoms with Crippen molar-refractivity contribution in [2.45, 2.75) is 57.3 Å². The predicted octanol–water partition coefficient (Wildman–Crippen LogP) is 5.66. The Hall–Kier alpha value is -4.34. The first-order valence-corrected chi connectivity index (χ1v) is 12.7. The lowest BCUT2D eigenvalue weighted by Gasteiger charge is -2.19. The van der Waals surface area contributed by atoms with Crippen molar-refractivity contribution in [1.82, 2.24) is 4.98 Å². The zero-order valence-corrected chi connectivity index (χ0v) is 22.4. The Morgan fingerprint density at radius 3 is 2.35 bits per heavy atom. The molecule has 2 heterocycles. The van der Waals surface area contributed by atoms with Crippen molar-refractivity contribution < 1.29 is 42.1 Å². The molecule has 0 bridgehead atoms. The van der Waals surface area contributed by atoms with E-state index < -0.39 is 29.2 Å². The molecule has 0 amide bonds. The number of benzene rings is 2. The number of fused-ring (bicyclic) bond motifs is 1. The van der Waals surface area contributed by atoms with Crippen LogP contribution in [0.1, 0.15) is 65.6 Å². The molecule has 208 valence electrons. The van der Waals surface area contributed by atoms with Crippen LogP contribution >= 0.6 is 0 Å². The normalized spacial score (nSPS) is 16.2. The van der Waals surface area contributed by atoms with Gasteiger partial charge in [0.05, 0.1) is 29.3 Å². The van der Waals surface area contributed by atoms with Gasteiger partial charge in [0.1, 0.15) is 11.4 Å². The molecular weight excluding hydrogens is 524 g/mol. The summed E-state index contributed by atoms with van der Waals surface area (Å²) in [6, 6.07) is 14.0. The molecule has 1 fully saturated rings. The van der Waals surface area contributed by atoms with Crippen LogP contribution < -0.4 is 9.47 Å². The summed E-state index contributed by atoms with van der Waals surface area (Å²) in [4.78, 5) is 43.3. The minimum absolute atomic E-state index is 0.0647. The monoisotopic (exact) mass is 551 g/mol. The van der Waals surface area contributed by atoms with Crippen LogP contribution in [-0.4, -0.2) is 41.7 Å². The van der Waals surface area contributed by atoms with Crippen LogP contribution in [0.15, 0.2) is 54.6 Å². The van der Waals surface area contributed by atoms with Gasteiger partial charge in [-0.3, -0.25) is 9.78 Å². The highest BCUT2D eigenvalue weighted by Crippen LogP contribution is 2.52. The lowest BCUT2D eigenvalue weighted by molar-refractivity contribution is -0.286. The molecule has 10 heteroatoms. The van der Waals surface area contributed by atoms with Crippen LogP contribution in [0.4, 0.5) is 8.78 Å². The molecule has 0 N–H and O–H groups in total. The van der Waals surface area contributed by atoms with Crippen LogP contribution in [0.2, 0.25) is 0 Å². The first kappa shape index (κ1) is 27.2. The van der Waals surface area contributed by atoms with E-state index in [4.69, 9.17) is 9.47 Å². The smallest absolute Gasteiger partial charge is 0.465 e. The predicted molar refractivity (Wildman–Crippen MR) is 138 cm³/mol. The Morgan fingerprint density at radius 1 is 0.950 bits per heavy atom. The fraction of sp³-hybridized carbons (Fsp3) is 0.333. The number of methoxy groups -OCH3 is 1. The quantitative estimate of drug-likeness (QED) is 0.347. The molecule has 3 aromatic rings. The van der Waals surface area contributed by atoms with Crippen LogP contribution in [0.3, 0.4) is 0 Å². The fourth-order valence-electron chi connectivity index (χ4n) is 4.66. The molecule has 1 aliphatic carbocycles. The largest absolute Gasteiger partial charge is 0.586 e. The Balaban J connectivity index is 1.44. The van der Waals surface area contributed by atoms with Crippen molar-refractivity contribution in [3.8, 4) is 22.8 Å². The second kappa shape index (κ2) is 9.69. The molecule has 0 atom stereocenters. The van der Waals surface area contributed by atoms with Gasteiger partial charge in [0, 0.05) is 17.7 Å². The van der Waals surface area contributed by atoms with E-state index in [9.17, 15) is 23.2 Å². The molecule has 1 aliphatic heterocycles. The van der Waals surface area contributed by atoms with Crippen molar-refractivity contribution in [3.05, 3.63) is 77.0 Å². The third-order valence-electron chi connectivity index (χ3n) is 6.71. The fourth-order valence-corrected chi connectivity index (χ4v) is 4.66. The number of hydrogen-bond donors (Lipinski definition) is 0. The number of Topliss-reactive ketones (excluding diaryl/α,β-unsaturated/α-hetero) is 1. The molecule has 0 saturated heterocycles. The van der Waals surface area contributed by atoms with Gasteiger partial charge in [-0.25, -0.2) is 9.59 Å². The Bertz CT molecular complexity index is 1520. The summed E-state index contributed by atoms with van der Waals surface area (Å²) in [5.74, 6) is -1.51. The zero-order chi connectivity index (χ0) is 28.9. The van der Waals surface area contributed by atoms with E-state index >= 15 is 0 Å². The average molecular weight is 552 g/mol. The molecule has 0 radical (unpaired) electrons. The number of esters is 2. The van der Waals surface area contributed by atoms with Gasteiger partial charge in [0.15, 0.2) is 11.5 Å². The SMILES string of the molecule is COC(=O)c1ccc(CC(=O)C2(c3ccc4c(c3)OC(F)(F)O4)CC2)nc1-c1cccc(C(=O)OC(C)(C)C)c1. The van der Waals surface area contributed by atoms with E-state index in [1.54, 1.807) is 57.2 Å². The van der Waals surface area contributed by atoms with Crippen molar-refractivity contribution in [1.29, 1.82) is 0 Å². The summed E-state index contributed by atoms with van der Waals surface area (Å²) in [5.41, 5.74) is 0.571. The lowest BCUT2D eigenvalue weighted by atomic mass is 9.88. The summed E-state index contributed by atoms with van der Waals surface area (Å²) in [6.07, 6.45) is -2.71. The Morgan fingerprint density at radius 2 is 1.68 bits per heavy atom. The van der Waals surface area contributed by atoms with E-state index in [1.165, 1.54) is 25.3 Å². The van der Waals surface area contributed by atoms with E-state index in [-0.39, 0.29) is 40.5 Å². The Labute approximate surface area is 229 Å². The molecule has 0 unspecified atom stereocenters. The molecule has 2 aromatic carbocycles. The summed E-state index contributed by atoms with van der Waals surface area (Å²) in [7, 11) is 1.25. The molecule has 40 heavy (non-hydrogen) atoms. The molecule has 1 saturated carbocycles. The van der Waals surface area contributed by atoms with E-state index in [1.807, 2.05) is 0 Å². The van der Waals surface area contributed by atoms with Gasteiger partial charge in [-0.15, -0.1) is 8.78 Å². The highest BCUT2D eigenvalue weighted by molar-refractivity contribution is 5.98. The number of aromatic nitrogens is 1. The highest BCUT2D eigenvalue weighted by Gasteiger charge is 2.52. The van der Waals surface area contributed by atoms with Crippen molar-refractivity contribution in [2.24, 2.45) is 0 Å². The minimum atomic E-state index is -3.75. The van der Waals surface area contributed by atoms with Crippen LogP contribution in [0, 0.1) is 0 Å². The molecule has 5 rings (SSSR count). The van der Waals surface area contributed by atoms with E-state index in [2.05, 4.69) is 14.5 Å². The van der Waals surface area contributed by atoms with Gasteiger partial charge in [0.2, 0.25) is 0 Å².